The minimum atomic E-state index is -0.870. The van der Waals surface area contributed by atoms with Crippen LogP contribution in [0.3, 0.4) is 0 Å². The standard InChI is InChI=1S/C15H12BrNO2/c16-10-5-3-4-9(8-10)14(18)15-13(17)11-6-1-2-7-12(11)19-15/h1-8,14,18H,17H2. The van der Waals surface area contributed by atoms with Crippen molar-refractivity contribution in [2.75, 3.05) is 5.73 Å². The Bertz CT molecular complexity index is 736. The lowest BCUT2D eigenvalue weighted by Crippen LogP contribution is -2.01. The zero-order valence-electron chi connectivity index (χ0n) is 10.0. The molecule has 0 amide bonds. The van der Waals surface area contributed by atoms with Crippen LogP contribution in [0.4, 0.5) is 5.69 Å². The monoisotopic (exact) mass is 317 g/mol. The van der Waals surface area contributed by atoms with E-state index >= 15 is 0 Å². The molecule has 3 rings (SSSR count). The Morgan fingerprint density at radius 2 is 1.89 bits per heavy atom. The van der Waals surface area contributed by atoms with E-state index in [0.29, 0.717) is 17.0 Å². The van der Waals surface area contributed by atoms with Gasteiger partial charge in [0.2, 0.25) is 0 Å². The topological polar surface area (TPSA) is 59.4 Å². The second kappa shape index (κ2) is 4.72. The van der Waals surface area contributed by atoms with Gasteiger partial charge in [0.15, 0.2) is 5.76 Å². The Labute approximate surface area is 118 Å². The quantitative estimate of drug-likeness (QED) is 0.754. The fraction of sp³-hybridized carbons (Fsp3) is 0.0667. The van der Waals surface area contributed by atoms with Gasteiger partial charge in [-0.25, -0.2) is 0 Å². The first-order valence-electron chi connectivity index (χ1n) is 5.87. The molecule has 0 aliphatic heterocycles. The van der Waals surface area contributed by atoms with Crippen LogP contribution in [0, 0.1) is 0 Å². The average Bonchev–Trinajstić information content (AvgIpc) is 2.76. The number of fused-ring (bicyclic) bond motifs is 1. The maximum Gasteiger partial charge on any atom is 0.161 e. The van der Waals surface area contributed by atoms with Gasteiger partial charge >= 0.3 is 0 Å². The van der Waals surface area contributed by atoms with Crippen LogP contribution in [0.15, 0.2) is 57.4 Å². The highest BCUT2D eigenvalue weighted by molar-refractivity contribution is 9.10. The summed E-state index contributed by atoms with van der Waals surface area (Å²) in [6, 6.07) is 14.9. The van der Waals surface area contributed by atoms with Crippen molar-refractivity contribution in [3.8, 4) is 0 Å². The van der Waals surface area contributed by atoms with Crippen molar-refractivity contribution in [1.29, 1.82) is 0 Å². The third kappa shape index (κ3) is 2.13. The zero-order chi connectivity index (χ0) is 13.4. The first-order valence-corrected chi connectivity index (χ1v) is 6.66. The Hall–Kier alpha value is -1.78. The van der Waals surface area contributed by atoms with Gasteiger partial charge in [-0.15, -0.1) is 0 Å². The third-order valence-electron chi connectivity index (χ3n) is 3.08. The molecule has 1 atom stereocenters. The number of aliphatic hydroxyl groups is 1. The Morgan fingerprint density at radius 1 is 1.11 bits per heavy atom. The molecule has 4 heteroatoms. The minimum absolute atomic E-state index is 0.388. The number of hydrogen-bond donors (Lipinski definition) is 2. The molecule has 3 N–H and O–H groups in total. The molecule has 3 nitrogen and oxygen atoms in total. The molecule has 3 aromatic rings. The van der Waals surface area contributed by atoms with Crippen LogP contribution in [-0.2, 0) is 0 Å². The molecular formula is C15H12BrNO2. The van der Waals surface area contributed by atoms with E-state index in [2.05, 4.69) is 15.9 Å². The van der Waals surface area contributed by atoms with Crippen LogP contribution in [0.25, 0.3) is 11.0 Å². The van der Waals surface area contributed by atoms with E-state index < -0.39 is 6.10 Å². The predicted molar refractivity (Wildman–Crippen MR) is 78.8 cm³/mol. The normalized spacial score (nSPS) is 12.7. The smallest absolute Gasteiger partial charge is 0.161 e. The molecular weight excluding hydrogens is 306 g/mol. The van der Waals surface area contributed by atoms with Gasteiger partial charge < -0.3 is 15.3 Å². The lowest BCUT2D eigenvalue weighted by Gasteiger charge is -2.09. The molecule has 0 aliphatic carbocycles. The number of halogens is 1. The van der Waals surface area contributed by atoms with Gasteiger partial charge in [-0.2, -0.15) is 0 Å². The zero-order valence-corrected chi connectivity index (χ0v) is 11.6. The highest BCUT2D eigenvalue weighted by Crippen LogP contribution is 2.35. The molecule has 0 fully saturated rings. The molecule has 96 valence electrons. The fourth-order valence-electron chi connectivity index (χ4n) is 2.12. The molecule has 1 heterocycles. The number of para-hydroxylation sites is 1. The molecule has 0 saturated heterocycles. The highest BCUT2D eigenvalue weighted by atomic mass is 79.9. The molecule has 0 radical (unpaired) electrons. The number of hydrogen-bond acceptors (Lipinski definition) is 3. The first kappa shape index (κ1) is 12.3. The van der Waals surface area contributed by atoms with Gasteiger partial charge in [0.05, 0.1) is 5.69 Å². The Balaban J connectivity index is 2.11. The van der Waals surface area contributed by atoms with Gasteiger partial charge in [0.25, 0.3) is 0 Å². The van der Waals surface area contributed by atoms with Crippen LogP contribution in [-0.4, -0.2) is 5.11 Å². The van der Waals surface area contributed by atoms with Crippen molar-refractivity contribution >= 4 is 32.6 Å². The van der Waals surface area contributed by atoms with E-state index in [1.54, 1.807) is 0 Å². The molecule has 1 aromatic heterocycles. The van der Waals surface area contributed by atoms with Gasteiger partial charge in [-0.3, -0.25) is 0 Å². The summed E-state index contributed by atoms with van der Waals surface area (Å²) in [6.45, 7) is 0. The van der Waals surface area contributed by atoms with Crippen molar-refractivity contribution < 1.29 is 9.52 Å². The molecule has 0 bridgehead atoms. The van der Waals surface area contributed by atoms with E-state index in [0.717, 1.165) is 15.4 Å². The van der Waals surface area contributed by atoms with Crippen molar-refractivity contribution in [3.05, 3.63) is 64.3 Å². The number of nitrogens with two attached hydrogens (primary N) is 1. The lowest BCUT2D eigenvalue weighted by atomic mass is 10.1. The van der Waals surface area contributed by atoms with Gasteiger partial charge in [-0.1, -0.05) is 40.2 Å². The summed E-state index contributed by atoms with van der Waals surface area (Å²) in [6.07, 6.45) is -0.870. The van der Waals surface area contributed by atoms with E-state index in [4.69, 9.17) is 10.2 Å². The molecule has 19 heavy (non-hydrogen) atoms. The fourth-order valence-corrected chi connectivity index (χ4v) is 2.53. The van der Waals surface area contributed by atoms with Crippen molar-refractivity contribution in [2.45, 2.75) is 6.10 Å². The van der Waals surface area contributed by atoms with Crippen LogP contribution >= 0.6 is 15.9 Å². The molecule has 0 saturated carbocycles. The van der Waals surface area contributed by atoms with Gasteiger partial charge in [-0.05, 0) is 29.8 Å². The van der Waals surface area contributed by atoms with Crippen molar-refractivity contribution in [3.63, 3.8) is 0 Å². The summed E-state index contributed by atoms with van der Waals surface area (Å²) >= 11 is 3.38. The summed E-state index contributed by atoms with van der Waals surface area (Å²) < 4.78 is 6.57. The number of aliphatic hydroxyl groups excluding tert-OH is 1. The summed E-state index contributed by atoms with van der Waals surface area (Å²) in [5, 5.41) is 11.2. The first-order chi connectivity index (χ1) is 9.16. The summed E-state index contributed by atoms with van der Waals surface area (Å²) in [7, 11) is 0. The summed E-state index contributed by atoms with van der Waals surface area (Å²) in [4.78, 5) is 0. The van der Waals surface area contributed by atoms with Crippen molar-refractivity contribution in [1.82, 2.24) is 0 Å². The van der Waals surface area contributed by atoms with E-state index in [1.165, 1.54) is 0 Å². The van der Waals surface area contributed by atoms with Crippen molar-refractivity contribution in [2.24, 2.45) is 0 Å². The average molecular weight is 318 g/mol. The van der Waals surface area contributed by atoms with Gasteiger partial charge in [0, 0.05) is 9.86 Å². The maximum absolute atomic E-state index is 10.4. The SMILES string of the molecule is Nc1c(C(O)c2cccc(Br)c2)oc2ccccc12. The van der Waals surface area contributed by atoms with E-state index in [-0.39, 0.29) is 0 Å². The number of rotatable bonds is 2. The third-order valence-corrected chi connectivity index (χ3v) is 3.57. The molecule has 0 spiro atoms. The lowest BCUT2D eigenvalue weighted by molar-refractivity contribution is 0.193. The van der Waals surface area contributed by atoms with Gasteiger partial charge in [0.1, 0.15) is 11.7 Å². The molecule has 0 aliphatic rings. The number of anilines is 1. The van der Waals surface area contributed by atoms with Crippen LogP contribution in [0.2, 0.25) is 0 Å². The highest BCUT2D eigenvalue weighted by Gasteiger charge is 2.20. The largest absolute Gasteiger partial charge is 0.456 e. The van der Waals surface area contributed by atoms with E-state index in [9.17, 15) is 5.11 Å². The van der Waals surface area contributed by atoms with Crippen LogP contribution in [0.5, 0.6) is 0 Å². The molecule has 2 aromatic carbocycles. The van der Waals surface area contributed by atoms with Crippen LogP contribution in [0.1, 0.15) is 17.4 Å². The predicted octanol–water partition coefficient (Wildman–Crippen LogP) is 3.86. The Morgan fingerprint density at radius 3 is 2.63 bits per heavy atom. The molecule has 1 unspecified atom stereocenters. The maximum atomic E-state index is 10.4. The van der Waals surface area contributed by atoms with Crippen LogP contribution < -0.4 is 5.73 Å². The summed E-state index contributed by atoms with van der Waals surface area (Å²) in [5.74, 6) is 0.388. The number of benzene rings is 2. The number of nitrogen functional groups attached to an aromatic ring is 1. The van der Waals surface area contributed by atoms with E-state index in [1.807, 2.05) is 48.5 Å². The Kier molecular flexibility index (Phi) is 3.05. The second-order valence-electron chi connectivity index (χ2n) is 4.33. The number of furan rings is 1. The second-order valence-corrected chi connectivity index (χ2v) is 5.25. The summed E-state index contributed by atoms with van der Waals surface area (Å²) in [5.41, 5.74) is 7.96. The minimum Gasteiger partial charge on any atom is -0.456 e.